The molecule has 0 amide bonds. The summed E-state index contributed by atoms with van der Waals surface area (Å²) in [6.07, 6.45) is 3.40. The molecule has 1 aromatic heterocycles. The highest BCUT2D eigenvalue weighted by Crippen LogP contribution is 2.33. The van der Waals surface area contributed by atoms with Crippen LogP contribution in [-0.4, -0.2) is 22.2 Å². The Morgan fingerprint density at radius 2 is 2.00 bits per heavy atom. The van der Waals surface area contributed by atoms with E-state index in [2.05, 4.69) is 10.3 Å². The largest absolute Gasteiger partial charge is 0.394 e. The molecule has 1 saturated carbocycles. The Labute approximate surface area is 97.8 Å². The van der Waals surface area contributed by atoms with E-state index in [0.29, 0.717) is 6.07 Å². The second-order valence-corrected chi connectivity index (χ2v) is 4.46. The molecule has 0 unspecified atom stereocenters. The zero-order valence-corrected chi connectivity index (χ0v) is 9.34. The number of nitrogens with one attached hydrogen (secondary N) is 1. The van der Waals surface area contributed by atoms with Gasteiger partial charge in [0, 0.05) is 6.07 Å². The minimum atomic E-state index is -0.877. The quantitative estimate of drug-likeness (QED) is 0.755. The Hall–Kier alpha value is -1.43. The second kappa shape index (κ2) is 4.44. The number of hydrogen-bond donors (Lipinski definition) is 3. The van der Waals surface area contributed by atoms with Crippen LogP contribution in [-0.2, 0) is 0 Å². The number of hydrogen-bond acceptors (Lipinski definition) is 4. The van der Waals surface area contributed by atoms with Gasteiger partial charge in [0.1, 0.15) is 0 Å². The van der Waals surface area contributed by atoms with Crippen molar-refractivity contribution in [3.05, 3.63) is 17.7 Å². The monoisotopic (exact) mass is 243 g/mol. The fourth-order valence-electron chi connectivity index (χ4n) is 2.19. The van der Waals surface area contributed by atoms with E-state index in [-0.39, 0.29) is 18.2 Å². The average molecular weight is 243 g/mol. The molecule has 0 aromatic carbocycles. The zero-order chi connectivity index (χ0) is 12.5. The van der Waals surface area contributed by atoms with Crippen LogP contribution in [0.1, 0.15) is 25.7 Å². The molecule has 1 aromatic rings. The Bertz CT molecular complexity index is 419. The van der Waals surface area contributed by atoms with Crippen LogP contribution < -0.4 is 11.1 Å². The summed E-state index contributed by atoms with van der Waals surface area (Å²) >= 11 is 0. The van der Waals surface area contributed by atoms with Gasteiger partial charge in [0.05, 0.1) is 12.1 Å². The number of aromatic nitrogens is 1. The van der Waals surface area contributed by atoms with Gasteiger partial charge in [-0.25, -0.2) is 13.8 Å². The fraction of sp³-hybridized carbons (Fsp3) is 0.545. The van der Waals surface area contributed by atoms with E-state index in [9.17, 15) is 13.9 Å². The number of pyridine rings is 1. The minimum absolute atomic E-state index is 0.0974. The van der Waals surface area contributed by atoms with E-state index in [0.717, 1.165) is 25.7 Å². The summed E-state index contributed by atoms with van der Waals surface area (Å²) < 4.78 is 26.4. The lowest BCUT2D eigenvalue weighted by Gasteiger charge is -2.28. The molecule has 0 radical (unpaired) electrons. The number of nitrogens with zero attached hydrogens (tertiary/aromatic N) is 1. The van der Waals surface area contributed by atoms with Gasteiger partial charge in [-0.1, -0.05) is 12.8 Å². The summed E-state index contributed by atoms with van der Waals surface area (Å²) in [6, 6.07) is 0.699. The number of nitrogens with two attached hydrogens (primary N) is 1. The zero-order valence-electron chi connectivity index (χ0n) is 9.34. The Morgan fingerprint density at radius 1 is 1.35 bits per heavy atom. The van der Waals surface area contributed by atoms with E-state index >= 15 is 0 Å². The van der Waals surface area contributed by atoms with E-state index in [1.165, 1.54) is 0 Å². The van der Waals surface area contributed by atoms with Gasteiger partial charge in [-0.05, 0) is 12.8 Å². The molecule has 4 N–H and O–H groups in total. The molecule has 94 valence electrons. The van der Waals surface area contributed by atoms with Gasteiger partial charge in [0.2, 0.25) is 0 Å². The molecule has 2 rings (SSSR count). The minimum Gasteiger partial charge on any atom is -0.394 e. The van der Waals surface area contributed by atoms with Gasteiger partial charge < -0.3 is 16.2 Å². The number of halogens is 2. The van der Waals surface area contributed by atoms with Gasteiger partial charge in [0.15, 0.2) is 23.3 Å². The lowest BCUT2D eigenvalue weighted by atomic mass is 9.99. The van der Waals surface area contributed by atoms with Crippen molar-refractivity contribution in [1.82, 2.24) is 4.98 Å². The van der Waals surface area contributed by atoms with Gasteiger partial charge >= 0.3 is 0 Å². The average Bonchev–Trinajstić information content (AvgIpc) is 2.75. The number of rotatable bonds is 3. The first-order valence-electron chi connectivity index (χ1n) is 5.57. The molecule has 1 aliphatic carbocycles. The van der Waals surface area contributed by atoms with Gasteiger partial charge in [0.25, 0.3) is 0 Å². The van der Waals surface area contributed by atoms with Crippen molar-refractivity contribution in [1.29, 1.82) is 0 Å². The molecule has 6 heteroatoms. The molecule has 1 heterocycles. The molecule has 0 spiro atoms. The molecular formula is C11H15F2N3O. The number of aliphatic hydroxyl groups excluding tert-OH is 1. The third kappa shape index (κ3) is 2.31. The molecule has 4 nitrogen and oxygen atoms in total. The highest BCUT2D eigenvalue weighted by molar-refractivity contribution is 5.46. The van der Waals surface area contributed by atoms with Crippen LogP contribution in [0.3, 0.4) is 0 Å². The third-order valence-corrected chi connectivity index (χ3v) is 3.20. The summed E-state index contributed by atoms with van der Waals surface area (Å²) in [5.41, 5.74) is 4.74. The number of nitrogen functional groups attached to an aromatic ring is 1. The molecule has 0 saturated heterocycles. The van der Waals surface area contributed by atoms with Crippen molar-refractivity contribution in [2.75, 3.05) is 17.7 Å². The van der Waals surface area contributed by atoms with Gasteiger partial charge in [-0.2, -0.15) is 0 Å². The van der Waals surface area contributed by atoms with E-state index < -0.39 is 17.2 Å². The first-order chi connectivity index (χ1) is 8.06. The summed E-state index contributed by atoms with van der Waals surface area (Å²) in [6.45, 7) is -0.106. The van der Waals surface area contributed by atoms with Crippen LogP contribution in [0.15, 0.2) is 6.07 Å². The van der Waals surface area contributed by atoms with Crippen LogP contribution >= 0.6 is 0 Å². The van der Waals surface area contributed by atoms with Crippen LogP contribution in [0.2, 0.25) is 0 Å². The fourth-order valence-corrected chi connectivity index (χ4v) is 2.19. The van der Waals surface area contributed by atoms with Gasteiger partial charge in [-0.15, -0.1) is 0 Å². The third-order valence-electron chi connectivity index (χ3n) is 3.20. The smallest absolute Gasteiger partial charge is 0.168 e. The Kier molecular flexibility index (Phi) is 3.15. The maximum atomic E-state index is 13.5. The second-order valence-electron chi connectivity index (χ2n) is 4.46. The molecule has 1 fully saturated rings. The van der Waals surface area contributed by atoms with Crippen LogP contribution in [0, 0.1) is 11.6 Å². The summed E-state index contributed by atoms with van der Waals surface area (Å²) in [4.78, 5) is 3.63. The summed E-state index contributed by atoms with van der Waals surface area (Å²) in [7, 11) is 0. The van der Waals surface area contributed by atoms with Crippen LogP contribution in [0.4, 0.5) is 20.4 Å². The maximum Gasteiger partial charge on any atom is 0.168 e. The molecule has 0 bridgehead atoms. The van der Waals surface area contributed by atoms with Crippen molar-refractivity contribution >= 4 is 11.6 Å². The summed E-state index contributed by atoms with van der Waals surface area (Å²) in [5.74, 6) is -2.12. The van der Waals surface area contributed by atoms with Crippen molar-refractivity contribution in [3.63, 3.8) is 0 Å². The summed E-state index contributed by atoms with van der Waals surface area (Å²) in [5, 5.41) is 12.2. The lowest BCUT2D eigenvalue weighted by Crippen LogP contribution is -2.39. The predicted molar refractivity (Wildman–Crippen MR) is 60.5 cm³/mol. The van der Waals surface area contributed by atoms with E-state index in [1.54, 1.807) is 0 Å². The Morgan fingerprint density at radius 3 is 2.59 bits per heavy atom. The standard InChI is InChI=1S/C11H15F2N3O/c12-7-5-8(13)10(15-9(7)14)16-11(6-17)3-1-2-4-11/h5,17H,1-4,6H2,(H3,14,15,16). The van der Waals surface area contributed by atoms with E-state index in [4.69, 9.17) is 5.73 Å². The number of anilines is 2. The molecule has 1 aliphatic rings. The SMILES string of the molecule is Nc1nc(NC2(CO)CCCC2)c(F)cc1F. The molecule has 0 aliphatic heterocycles. The number of aliphatic hydroxyl groups is 1. The topological polar surface area (TPSA) is 71.2 Å². The van der Waals surface area contributed by atoms with Crippen LogP contribution in [0.5, 0.6) is 0 Å². The van der Waals surface area contributed by atoms with E-state index in [1.807, 2.05) is 0 Å². The highest BCUT2D eigenvalue weighted by atomic mass is 19.1. The molecule has 17 heavy (non-hydrogen) atoms. The first kappa shape index (κ1) is 12.0. The first-order valence-corrected chi connectivity index (χ1v) is 5.57. The van der Waals surface area contributed by atoms with Gasteiger partial charge in [-0.3, -0.25) is 0 Å². The maximum absolute atomic E-state index is 13.5. The van der Waals surface area contributed by atoms with Crippen molar-refractivity contribution in [2.45, 2.75) is 31.2 Å². The lowest BCUT2D eigenvalue weighted by molar-refractivity contribution is 0.213. The predicted octanol–water partition coefficient (Wildman–Crippen LogP) is 1.66. The molecule has 0 atom stereocenters. The normalized spacial score (nSPS) is 18.3. The van der Waals surface area contributed by atoms with Crippen molar-refractivity contribution in [3.8, 4) is 0 Å². The molecular weight excluding hydrogens is 228 g/mol. The Balaban J connectivity index is 2.26. The van der Waals surface area contributed by atoms with Crippen molar-refractivity contribution in [2.24, 2.45) is 0 Å². The van der Waals surface area contributed by atoms with Crippen molar-refractivity contribution < 1.29 is 13.9 Å². The highest BCUT2D eigenvalue weighted by Gasteiger charge is 2.34. The van der Waals surface area contributed by atoms with Crippen LogP contribution in [0.25, 0.3) is 0 Å².